The summed E-state index contributed by atoms with van der Waals surface area (Å²) >= 11 is 0. The third kappa shape index (κ3) is 5.76. The molecule has 6 heteroatoms. The van der Waals surface area contributed by atoms with Crippen LogP contribution in [0, 0.1) is 5.41 Å². The lowest BCUT2D eigenvalue weighted by Crippen LogP contribution is -2.46. The normalized spacial score (nSPS) is 18.1. The van der Waals surface area contributed by atoms with Gasteiger partial charge in [-0.15, -0.1) is 24.8 Å². The van der Waals surface area contributed by atoms with Gasteiger partial charge in [-0.05, 0) is 33.2 Å². The molecule has 1 rings (SSSR count). The van der Waals surface area contributed by atoms with Crippen molar-refractivity contribution in [1.29, 1.82) is 0 Å². The number of hydrogen-bond acceptors (Lipinski definition) is 3. The average molecular weight is 328 g/mol. The molecule has 1 unspecified atom stereocenters. The Hall–Kier alpha value is -0.0300. The fourth-order valence-corrected chi connectivity index (χ4v) is 2.64. The molecule has 0 saturated heterocycles. The molecule has 122 valence electrons. The lowest BCUT2D eigenvalue weighted by molar-refractivity contribution is -0.130. The summed E-state index contributed by atoms with van der Waals surface area (Å²) in [4.78, 5) is 14.5. The number of likely N-dealkylation sites (N-methyl/N-ethyl adjacent to an activating group) is 1. The van der Waals surface area contributed by atoms with E-state index in [0.29, 0.717) is 12.6 Å². The molecule has 0 aromatic heterocycles. The standard InChI is InChI=1S/C14H29N3O.2ClH/c1-4-12(2)17(3)10-9-16-13(18)14(11-15)7-5-6-8-14;;/h12H,4-11,15H2,1-3H3,(H,16,18);2*1H. The third-order valence-corrected chi connectivity index (χ3v) is 4.53. The topological polar surface area (TPSA) is 58.4 Å². The van der Waals surface area contributed by atoms with E-state index >= 15 is 0 Å². The minimum atomic E-state index is -0.269. The maximum absolute atomic E-state index is 12.2. The number of hydrogen-bond donors (Lipinski definition) is 2. The number of carbonyl (C=O) groups excluding carboxylic acids is 1. The molecule has 0 aliphatic heterocycles. The summed E-state index contributed by atoms with van der Waals surface area (Å²) < 4.78 is 0. The highest BCUT2D eigenvalue weighted by Crippen LogP contribution is 2.37. The van der Waals surface area contributed by atoms with Crippen LogP contribution in [0.4, 0.5) is 0 Å². The van der Waals surface area contributed by atoms with E-state index < -0.39 is 0 Å². The Morgan fingerprint density at radius 2 is 1.90 bits per heavy atom. The van der Waals surface area contributed by atoms with Gasteiger partial charge in [0.1, 0.15) is 0 Å². The molecule has 20 heavy (non-hydrogen) atoms. The molecule has 0 heterocycles. The second-order valence-electron chi connectivity index (χ2n) is 5.69. The van der Waals surface area contributed by atoms with Crippen molar-refractivity contribution in [1.82, 2.24) is 10.2 Å². The zero-order valence-electron chi connectivity index (χ0n) is 13.0. The van der Waals surface area contributed by atoms with E-state index in [1.54, 1.807) is 0 Å². The molecule has 0 aromatic carbocycles. The second kappa shape index (κ2) is 10.7. The van der Waals surface area contributed by atoms with E-state index in [0.717, 1.165) is 45.2 Å². The maximum atomic E-state index is 12.2. The molecular weight excluding hydrogens is 297 g/mol. The van der Waals surface area contributed by atoms with Gasteiger partial charge in [0.25, 0.3) is 0 Å². The zero-order valence-corrected chi connectivity index (χ0v) is 14.6. The molecule has 0 aromatic rings. The third-order valence-electron chi connectivity index (χ3n) is 4.53. The van der Waals surface area contributed by atoms with Crippen molar-refractivity contribution in [2.24, 2.45) is 11.1 Å². The highest BCUT2D eigenvalue weighted by Gasteiger charge is 2.39. The molecular formula is C14H31Cl2N3O. The number of halogens is 2. The first-order valence-corrected chi connectivity index (χ1v) is 7.24. The van der Waals surface area contributed by atoms with Gasteiger partial charge in [0, 0.05) is 25.7 Å². The summed E-state index contributed by atoms with van der Waals surface area (Å²) in [6.45, 7) is 6.50. The molecule has 1 saturated carbocycles. The van der Waals surface area contributed by atoms with Crippen LogP contribution in [0.2, 0.25) is 0 Å². The SMILES string of the molecule is CCC(C)N(C)CCNC(=O)C1(CN)CCCC1.Cl.Cl. The first-order chi connectivity index (χ1) is 8.55. The Bertz CT molecular complexity index is 271. The Kier molecular flexibility index (Phi) is 11.9. The van der Waals surface area contributed by atoms with Gasteiger partial charge in [0.15, 0.2) is 0 Å². The number of nitrogens with zero attached hydrogens (tertiary/aromatic N) is 1. The average Bonchev–Trinajstić information content (AvgIpc) is 2.87. The van der Waals surface area contributed by atoms with E-state index in [2.05, 4.69) is 31.1 Å². The van der Waals surface area contributed by atoms with Crippen molar-refractivity contribution < 1.29 is 4.79 Å². The summed E-state index contributed by atoms with van der Waals surface area (Å²) in [6, 6.07) is 0.567. The second-order valence-corrected chi connectivity index (χ2v) is 5.69. The van der Waals surface area contributed by atoms with Crippen LogP contribution in [0.1, 0.15) is 46.0 Å². The lowest BCUT2D eigenvalue weighted by Gasteiger charge is -2.27. The molecule has 1 amide bonds. The number of amides is 1. The number of rotatable bonds is 7. The lowest BCUT2D eigenvalue weighted by atomic mass is 9.85. The molecule has 0 bridgehead atoms. The highest BCUT2D eigenvalue weighted by molar-refractivity contribution is 5.85. The monoisotopic (exact) mass is 327 g/mol. The molecule has 3 N–H and O–H groups in total. The number of carbonyl (C=O) groups is 1. The van der Waals surface area contributed by atoms with Crippen LogP contribution in [0.15, 0.2) is 0 Å². The molecule has 0 radical (unpaired) electrons. The Balaban J connectivity index is 0. The van der Waals surface area contributed by atoms with Gasteiger partial charge in [0.05, 0.1) is 5.41 Å². The van der Waals surface area contributed by atoms with Crippen LogP contribution in [0.5, 0.6) is 0 Å². The summed E-state index contributed by atoms with van der Waals surface area (Å²) in [7, 11) is 2.11. The van der Waals surface area contributed by atoms with Crippen LogP contribution < -0.4 is 11.1 Å². The fraction of sp³-hybridized carbons (Fsp3) is 0.929. The summed E-state index contributed by atoms with van der Waals surface area (Å²) in [5.41, 5.74) is 5.53. The van der Waals surface area contributed by atoms with E-state index in [9.17, 15) is 4.79 Å². The molecule has 1 fully saturated rings. The van der Waals surface area contributed by atoms with E-state index in [1.807, 2.05) is 0 Å². The van der Waals surface area contributed by atoms with Gasteiger partial charge in [-0.3, -0.25) is 4.79 Å². The maximum Gasteiger partial charge on any atom is 0.227 e. The first kappa shape index (κ1) is 22.3. The van der Waals surface area contributed by atoms with Gasteiger partial charge in [-0.25, -0.2) is 0 Å². The smallest absolute Gasteiger partial charge is 0.227 e. The fourth-order valence-electron chi connectivity index (χ4n) is 2.64. The predicted octanol–water partition coefficient (Wildman–Crippen LogP) is 2.20. The number of nitrogens with one attached hydrogen (secondary N) is 1. The van der Waals surface area contributed by atoms with E-state index in [-0.39, 0.29) is 36.1 Å². The first-order valence-electron chi connectivity index (χ1n) is 7.24. The van der Waals surface area contributed by atoms with Crippen LogP contribution in [0.25, 0.3) is 0 Å². The minimum absolute atomic E-state index is 0. The predicted molar refractivity (Wildman–Crippen MR) is 89.8 cm³/mol. The zero-order chi connectivity index (χ0) is 13.6. The van der Waals surface area contributed by atoms with Gasteiger partial charge in [0.2, 0.25) is 5.91 Å². The van der Waals surface area contributed by atoms with Crippen LogP contribution in [0.3, 0.4) is 0 Å². The Morgan fingerprint density at radius 1 is 1.35 bits per heavy atom. The Morgan fingerprint density at radius 3 is 2.35 bits per heavy atom. The van der Waals surface area contributed by atoms with E-state index in [4.69, 9.17) is 5.73 Å². The van der Waals surface area contributed by atoms with Crippen LogP contribution in [-0.4, -0.2) is 43.5 Å². The van der Waals surface area contributed by atoms with E-state index in [1.165, 1.54) is 0 Å². The molecule has 1 atom stereocenters. The van der Waals surface area contributed by atoms with Gasteiger partial charge >= 0.3 is 0 Å². The summed E-state index contributed by atoms with van der Waals surface area (Å²) in [5.74, 6) is 0.167. The quantitative estimate of drug-likeness (QED) is 0.753. The van der Waals surface area contributed by atoms with Crippen molar-refractivity contribution in [3.8, 4) is 0 Å². The number of nitrogens with two attached hydrogens (primary N) is 1. The minimum Gasteiger partial charge on any atom is -0.354 e. The summed E-state index contributed by atoms with van der Waals surface area (Å²) in [5, 5.41) is 3.07. The van der Waals surface area contributed by atoms with Gasteiger partial charge in [-0.2, -0.15) is 0 Å². The van der Waals surface area contributed by atoms with Gasteiger partial charge in [-0.1, -0.05) is 19.8 Å². The van der Waals surface area contributed by atoms with Gasteiger partial charge < -0.3 is 16.0 Å². The van der Waals surface area contributed by atoms with Crippen molar-refractivity contribution in [3.63, 3.8) is 0 Å². The van der Waals surface area contributed by atoms with Crippen molar-refractivity contribution in [2.75, 3.05) is 26.7 Å². The molecule has 1 aliphatic carbocycles. The molecule has 4 nitrogen and oxygen atoms in total. The highest BCUT2D eigenvalue weighted by atomic mass is 35.5. The van der Waals surface area contributed by atoms with Crippen molar-refractivity contribution in [2.45, 2.75) is 52.0 Å². The molecule has 0 spiro atoms. The Labute approximate surface area is 136 Å². The largest absolute Gasteiger partial charge is 0.354 e. The van der Waals surface area contributed by atoms with Crippen molar-refractivity contribution >= 4 is 30.7 Å². The van der Waals surface area contributed by atoms with Crippen molar-refractivity contribution in [3.05, 3.63) is 0 Å². The molecule has 1 aliphatic rings. The summed E-state index contributed by atoms with van der Waals surface area (Å²) in [6.07, 6.45) is 5.32. The van der Waals surface area contributed by atoms with Crippen LogP contribution in [-0.2, 0) is 4.79 Å². The van der Waals surface area contributed by atoms with Crippen LogP contribution >= 0.6 is 24.8 Å².